The quantitative estimate of drug-likeness (QED) is 0.607. The van der Waals surface area contributed by atoms with E-state index in [1.54, 1.807) is 0 Å². The Bertz CT molecular complexity index is 418. The second kappa shape index (κ2) is 3.97. The molecule has 0 bridgehead atoms. The summed E-state index contributed by atoms with van der Waals surface area (Å²) in [5.74, 6) is -0.761. The SMILES string of the molecule is O=[N+]([O-])c1cc([C@@H](O)C(F)(F)F)ccc1O. The number of halogens is 3. The van der Waals surface area contributed by atoms with Crippen LogP contribution in [0.1, 0.15) is 11.7 Å². The summed E-state index contributed by atoms with van der Waals surface area (Å²) in [6, 6.07) is 1.97. The Morgan fingerprint density at radius 2 is 1.94 bits per heavy atom. The van der Waals surface area contributed by atoms with Crippen molar-refractivity contribution in [1.82, 2.24) is 0 Å². The highest BCUT2D eigenvalue weighted by atomic mass is 19.4. The molecule has 1 rings (SSSR count). The minimum atomic E-state index is -4.91. The molecule has 0 unspecified atom stereocenters. The summed E-state index contributed by atoms with van der Waals surface area (Å²) < 4.78 is 36.3. The largest absolute Gasteiger partial charge is 0.502 e. The van der Waals surface area contributed by atoms with Gasteiger partial charge in [0.15, 0.2) is 11.9 Å². The summed E-state index contributed by atoms with van der Waals surface area (Å²) in [4.78, 5) is 9.29. The van der Waals surface area contributed by atoms with E-state index >= 15 is 0 Å². The summed E-state index contributed by atoms with van der Waals surface area (Å²) in [7, 11) is 0. The number of aliphatic hydroxyl groups excluding tert-OH is 1. The van der Waals surface area contributed by atoms with Crippen LogP contribution in [0.4, 0.5) is 18.9 Å². The second-order valence-corrected chi connectivity index (χ2v) is 2.95. The first kappa shape index (κ1) is 12.2. The Morgan fingerprint density at radius 3 is 2.38 bits per heavy atom. The predicted octanol–water partition coefficient (Wildman–Crippen LogP) is 1.90. The lowest BCUT2D eigenvalue weighted by Crippen LogP contribution is -2.20. The van der Waals surface area contributed by atoms with Gasteiger partial charge in [-0.2, -0.15) is 13.2 Å². The van der Waals surface area contributed by atoms with Crippen molar-refractivity contribution < 1.29 is 28.3 Å². The van der Waals surface area contributed by atoms with Crippen LogP contribution in [0.5, 0.6) is 5.75 Å². The monoisotopic (exact) mass is 237 g/mol. The fourth-order valence-corrected chi connectivity index (χ4v) is 1.05. The van der Waals surface area contributed by atoms with Gasteiger partial charge in [0.2, 0.25) is 0 Å². The molecule has 0 heterocycles. The molecule has 0 spiro atoms. The lowest BCUT2D eigenvalue weighted by Gasteiger charge is -2.14. The molecule has 16 heavy (non-hydrogen) atoms. The molecule has 1 aromatic rings. The van der Waals surface area contributed by atoms with Gasteiger partial charge < -0.3 is 10.2 Å². The number of hydrogen-bond donors (Lipinski definition) is 2. The fraction of sp³-hybridized carbons (Fsp3) is 0.250. The highest BCUT2D eigenvalue weighted by Gasteiger charge is 2.40. The number of nitrogens with zero attached hydrogens (tertiary/aromatic N) is 1. The van der Waals surface area contributed by atoms with Crippen LogP contribution in [0.15, 0.2) is 18.2 Å². The van der Waals surface area contributed by atoms with Crippen molar-refractivity contribution in [3.05, 3.63) is 33.9 Å². The zero-order valence-electron chi connectivity index (χ0n) is 7.60. The average molecular weight is 237 g/mol. The maximum absolute atomic E-state index is 12.1. The molecular weight excluding hydrogens is 231 g/mol. The molecule has 0 amide bonds. The molecule has 8 heteroatoms. The summed E-state index contributed by atoms with van der Waals surface area (Å²) in [5.41, 5.74) is -1.59. The summed E-state index contributed by atoms with van der Waals surface area (Å²) in [5, 5.41) is 28.1. The van der Waals surface area contributed by atoms with Gasteiger partial charge in [0, 0.05) is 6.07 Å². The molecule has 0 aliphatic carbocycles. The number of aromatic hydroxyl groups is 1. The molecule has 1 atom stereocenters. The predicted molar refractivity (Wildman–Crippen MR) is 45.8 cm³/mol. The number of hydrogen-bond acceptors (Lipinski definition) is 4. The summed E-state index contributed by atoms with van der Waals surface area (Å²) in [6.45, 7) is 0. The van der Waals surface area contributed by atoms with Gasteiger partial charge in [0.25, 0.3) is 0 Å². The molecule has 0 aliphatic heterocycles. The van der Waals surface area contributed by atoms with E-state index in [0.717, 1.165) is 12.1 Å². The number of phenols is 1. The third kappa shape index (κ3) is 2.40. The maximum atomic E-state index is 12.1. The van der Waals surface area contributed by atoms with Gasteiger partial charge in [0.1, 0.15) is 0 Å². The van der Waals surface area contributed by atoms with E-state index in [-0.39, 0.29) is 0 Å². The van der Waals surface area contributed by atoms with Crippen molar-refractivity contribution in [2.75, 3.05) is 0 Å². The molecule has 0 aromatic heterocycles. The topological polar surface area (TPSA) is 83.6 Å². The third-order valence-electron chi connectivity index (χ3n) is 1.82. The molecule has 88 valence electrons. The van der Waals surface area contributed by atoms with Crippen molar-refractivity contribution in [2.45, 2.75) is 12.3 Å². The van der Waals surface area contributed by atoms with E-state index in [1.165, 1.54) is 0 Å². The summed E-state index contributed by atoms with van der Waals surface area (Å²) >= 11 is 0. The van der Waals surface area contributed by atoms with E-state index in [1.807, 2.05) is 0 Å². The summed E-state index contributed by atoms with van der Waals surface area (Å²) in [6.07, 6.45) is -7.73. The van der Waals surface area contributed by atoms with E-state index in [9.17, 15) is 23.3 Å². The van der Waals surface area contributed by atoms with Crippen LogP contribution in [0.2, 0.25) is 0 Å². The Balaban J connectivity index is 3.18. The smallest absolute Gasteiger partial charge is 0.418 e. The van der Waals surface area contributed by atoms with Crippen molar-refractivity contribution in [3.8, 4) is 5.75 Å². The van der Waals surface area contributed by atoms with Gasteiger partial charge in [-0.1, -0.05) is 6.07 Å². The molecule has 0 saturated carbocycles. The van der Waals surface area contributed by atoms with Crippen molar-refractivity contribution in [2.24, 2.45) is 0 Å². The van der Waals surface area contributed by atoms with Gasteiger partial charge in [0.05, 0.1) is 4.92 Å². The molecule has 2 N–H and O–H groups in total. The number of alkyl halides is 3. The van der Waals surface area contributed by atoms with Crippen molar-refractivity contribution in [1.29, 1.82) is 0 Å². The van der Waals surface area contributed by atoms with Crippen LogP contribution >= 0.6 is 0 Å². The van der Waals surface area contributed by atoms with Crippen LogP contribution in [0, 0.1) is 10.1 Å². The normalized spacial score (nSPS) is 13.5. The highest BCUT2D eigenvalue weighted by molar-refractivity contribution is 5.48. The third-order valence-corrected chi connectivity index (χ3v) is 1.82. The number of aliphatic hydroxyl groups is 1. The van der Waals surface area contributed by atoms with E-state index in [2.05, 4.69) is 0 Å². The first-order valence-corrected chi connectivity index (χ1v) is 3.95. The molecule has 0 fully saturated rings. The molecule has 0 saturated heterocycles. The number of nitro groups is 1. The molecule has 1 aromatic carbocycles. The molecule has 5 nitrogen and oxygen atoms in total. The number of nitro benzene ring substituents is 1. The fourth-order valence-electron chi connectivity index (χ4n) is 1.05. The van der Waals surface area contributed by atoms with E-state index in [0.29, 0.717) is 6.07 Å². The van der Waals surface area contributed by atoms with E-state index in [4.69, 9.17) is 10.2 Å². The van der Waals surface area contributed by atoms with Crippen LogP contribution in [0.25, 0.3) is 0 Å². The number of benzene rings is 1. The minimum Gasteiger partial charge on any atom is -0.502 e. The lowest BCUT2D eigenvalue weighted by atomic mass is 10.1. The minimum absolute atomic E-state index is 0.480. The zero-order valence-corrected chi connectivity index (χ0v) is 7.60. The molecular formula is C8H6F3NO4. The zero-order chi connectivity index (χ0) is 12.5. The highest BCUT2D eigenvalue weighted by Crippen LogP contribution is 2.36. The van der Waals surface area contributed by atoms with Crippen LogP contribution < -0.4 is 0 Å². The number of phenolic OH excluding ortho intramolecular Hbond substituents is 1. The van der Waals surface area contributed by atoms with Crippen molar-refractivity contribution in [3.63, 3.8) is 0 Å². The average Bonchev–Trinajstić information content (AvgIpc) is 2.15. The Labute approximate surface area is 86.9 Å². The van der Waals surface area contributed by atoms with Gasteiger partial charge in [-0.3, -0.25) is 10.1 Å². The lowest BCUT2D eigenvalue weighted by molar-refractivity contribution is -0.386. The second-order valence-electron chi connectivity index (χ2n) is 2.95. The Hall–Kier alpha value is -1.83. The first-order valence-electron chi connectivity index (χ1n) is 3.95. The van der Waals surface area contributed by atoms with Crippen molar-refractivity contribution >= 4 is 5.69 Å². The van der Waals surface area contributed by atoms with Gasteiger partial charge in [-0.05, 0) is 11.6 Å². The standard InChI is InChI=1S/C8H6F3NO4/c9-8(10,11)7(14)4-1-2-6(13)5(3-4)12(15)16/h1-3,7,13-14H/t7-/m1/s1. The molecule has 0 radical (unpaired) electrons. The van der Waals surface area contributed by atoms with Gasteiger partial charge in [-0.25, -0.2) is 0 Å². The first-order chi connectivity index (χ1) is 7.23. The van der Waals surface area contributed by atoms with Crippen LogP contribution in [0.3, 0.4) is 0 Å². The van der Waals surface area contributed by atoms with Gasteiger partial charge >= 0.3 is 11.9 Å². The van der Waals surface area contributed by atoms with Crippen LogP contribution in [-0.2, 0) is 0 Å². The number of rotatable bonds is 2. The van der Waals surface area contributed by atoms with Gasteiger partial charge in [-0.15, -0.1) is 0 Å². The maximum Gasteiger partial charge on any atom is 0.418 e. The van der Waals surface area contributed by atoms with E-state index < -0.39 is 34.2 Å². The van der Waals surface area contributed by atoms with Crippen LogP contribution in [-0.4, -0.2) is 21.3 Å². The Morgan fingerprint density at radius 1 is 1.38 bits per heavy atom. The Kier molecular flexibility index (Phi) is 3.04. The molecule has 0 aliphatic rings.